The van der Waals surface area contributed by atoms with E-state index in [2.05, 4.69) is 20.6 Å². The van der Waals surface area contributed by atoms with Crippen molar-refractivity contribution in [1.82, 2.24) is 9.97 Å². The van der Waals surface area contributed by atoms with Crippen LogP contribution in [-0.2, 0) is 9.84 Å². The average Bonchev–Trinajstić information content (AvgIpc) is 2.95. The van der Waals surface area contributed by atoms with Crippen LogP contribution in [0.4, 0.5) is 11.5 Å². The molecule has 2 aromatic rings. The van der Waals surface area contributed by atoms with E-state index < -0.39 is 9.84 Å². The maximum Gasteiger partial charge on any atom is 0.275 e. The fourth-order valence-corrected chi connectivity index (χ4v) is 4.40. The number of nitrogens with one attached hydrogen (secondary N) is 2. The molecule has 144 valence electrons. The van der Waals surface area contributed by atoms with Gasteiger partial charge < -0.3 is 15.4 Å². The molecule has 1 fully saturated rings. The number of sulfone groups is 1. The summed E-state index contributed by atoms with van der Waals surface area (Å²) in [5, 5.41) is 5.78. The first-order chi connectivity index (χ1) is 12.8. The predicted octanol–water partition coefficient (Wildman–Crippen LogP) is 2.12. The van der Waals surface area contributed by atoms with Crippen molar-refractivity contribution in [2.24, 2.45) is 0 Å². The summed E-state index contributed by atoms with van der Waals surface area (Å²) in [5.41, 5.74) is 0.790. The molecule has 1 aliphatic rings. The van der Waals surface area contributed by atoms with Crippen LogP contribution in [0.2, 0.25) is 0 Å². The number of rotatable bonds is 6. The van der Waals surface area contributed by atoms with E-state index in [1.165, 1.54) is 12.4 Å². The lowest BCUT2D eigenvalue weighted by Gasteiger charge is -2.12. The molecule has 27 heavy (non-hydrogen) atoms. The molecule has 0 spiro atoms. The summed E-state index contributed by atoms with van der Waals surface area (Å²) in [6, 6.07) is 6.89. The normalized spacial score (nSPS) is 18.3. The number of carbonyl (C=O) groups is 1. The Hall–Kier alpha value is -2.68. The Morgan fingerprint density at radius 2 is 1.93 bits per heavy atom. The number of benzene rings is 1. The summed E-state index contributed by atoms with van der Waals surface area (Å²) in [7, 11) is -2.97. The summed E-state index contributed by atoms with van der Waals surface area (Å²) in [6.45, 7) is 3.89. The smallest absolute Gasteiger partial charge is 0.275 e. The quantitative estimate of drug-likeness (QED) is 0.777. The van der Waals surface area contributed by atoms with Gasteiger partial charge >= 0.3 is 0 Å². The lowest BCUT2D eigenvalue weighted by Crippen LogP contribution is -2.22. The third kappa shape index (κ3) is 5.40. The largest absolute Gasteiger partial charge is 0.491 e. The zero-order valence-corrected chi connectivity index (χ0v) is 16.0. The minimum Gasteiger partial charge on any atom is -0.491 e. The van der Waals surface area contributed by atoms with Gasteiger partial charge in [0, 0.05) is 11.7 Å². The summed E-state index contributed by atoms with van der Waals surface area (Å²) in [6.07, 6.45) is 3.41. The molecule has 2 heterocycles. The van der Waals surface area contributed by atoms with Crippen LogP contribution < -0.4 is 15.4 Å². The summed E-state index contributed by atoms with van der Waals surface area (Å²) < 4.78 is 28.5. The molecule has 1 amide bonds. The van der Waals surface area contributed by atoms with Gasteiger partial charge in [-0.05, 0) is 44.5 Å². The van der Waals surface area contributed by atoms with Crippen molar-refractivity contribution in [3.8, 4) is 5.75 Å². The highest BCUT2D eigenvalue weighted by atomic mass is 32.2. The Kier molecular flexibility index (Phi) is 5.59. The Labute approximate surface area is 158 Å². The molecule has 3 rings (SSSR count). The van der Waals surface area contributed by atoms with E-state index in [-0.39, 0.29) is 35.3 Å². The molecule has 1 aromatic heterocycles. The van der Waals surface area contributed by atoms with E-state index in [4.69, 9.17) is 4.74 Å². The lowest BCUT2D eigenvalue weighted by atomic mass is 10.2. The number of ether oxygens (including phenoxy) is 1. The van der Waals surface area contributed by atoms with Crippen LogP contribution in [0.5, 0.6) is 5.75 Å². The molecule has 8 nitrogen and oxygen atoms in total. The van der Waals surface area contributed by atoms with Crippen molar-refractivity contribution in [3.05, 3.63) is 42.4 Å². The first-order valence-corrected chi connectivity index (χ1v) is 10.5. The molecule has 0 bridgehead atoms. The molecule has 1 unspecified atom stereocenters. The van der Waals surface area contributed by atoms with Crippen molar-refractivity contribution in [1.29, 1.82) is 0 Å². The number of amides is 1. The number of anilines is 2. The Morgan fingerprint density at radius 1 is 1.19 bits per heavy atom. The zero-order valence-electron chi connectivity index (χ0n) is 15.2. The maximum absolute atomic E-state index is 12.3. The Balaban J connectivity index is 1.57. The fourth-order valence-electron chi connectivity index (χ4n) is 2.72. The van der Waals surface area contributed by atoms with Crippen LogP contribution >= 0.6 is 0 Å². The number of aromatic nitrogens is 2. The second-order valence-corrected chi connectivity index (χ2v) is 8.91. The van der Waals surface area contributed by atoms with E-state index >= 15 is 0 Å². The van der Waals surface area contributed by atoms with E-state index in [1.54, 1.807) is 24.3 Å². The molecule has 1 aromatic carbocycles. The number of carbonyl (C=O) groups excluding carboxylic acids is 1. The maximum atomic E-state index is 12.3. The highest BCUT2D eigenvalue weighted by Gasteiger charge is 2.28. The first kappa shape index (κ1) is 19.1. The molecular weight excluding hydrogens is 368 g/mol. The molecule has 1 saturated heterocycles. The topological polar surface area (TPSA) is 110 Å². The zero-order chi connectivity index (χ0) is 19.4. The van der Waals surface area contributed by atoms with Gasteiger partial charge in [-0.1, -0.05) is 0 Å². The van der Waals surface area contributed by atoms with Crippen LogP contribution in [0.1, 0.15) is 30.8 Å². The molecule has 9 heteroatoms. The van der Waals surface area contributed by atoms with Gasteiger partial charge in [0.15, 0.2) is 9.84 Å². The fraction of sp³-hybridized carbons (Fsp3) is 0.389. The molecule has 2 N–H and O–H groups in total. The monoisotopic (exact) mass is 390 g/mol. The van der Waals surface area contributed by atoms with Gasteiger partial charge in [0.25, 0.3) is 5.91 Å². The van der Waals surface area contributed by atoms with Crippen molar-refractivity contribution in [2.45, 2.75) is 32.4 Å². The predicted molar refractivity (Wildman–Crippen MR) is 103 cm³/mol. The summed E-state index contributed by atoms with van der Waals surface area (Å²) >= 11 is 0. The van der Waals surface area contributed by atoms with Crippen LogP contribution in [0, 0.1) is 0 Å². The Bertz CT molecular complexity index is 896. The van der Waals surface area contributed by atoms with Gasteiger partial charge in [0.05, 0.1) is 30.0 Å². The van der Waals surface area contributed by atoms with Crippen LogP contribution in [0.25, 0.3) is 0 Å². The molecule has 0 aliphatic carbocycles. The van der Waals surface area contributed by atoms with Gasteiger partial charge in [-0.2, -0.15) is 0 Å². The van der Waals surface area contributed by atoms with Gasteiger partial charge in [0.1, 0.15) is 17.3 Å². The molecular formula is C18H22N4O4S. The van der Waals surface area contributed by atoms with Crippen LogP contribution in [-0.4, -0.2) is 47.9 Å². The summed E-state index contributed by atoms with van der Waals surface area (Å²) in [4.78, 5) is 20.5. The molecule has 1 aliphatic heterocycles. The van der Waals surface area contributed by atoms with Crippen molar-refractivity contribution in [3.63, 3.8) is 0 Å². The Morgan fingerprint density at radius 3 is 2.48 bits per heavy atom. The van der Waals surface area contributed by atoms with Gasteiger partial charge in [-0.3, -0.25) is 4.79 Å². The summed E-state index contributed by atoms with van der Waals surface area (Å²) in [5.74, 6) is 1.07. The van der Waals surface area contributed by atoms with Gasteiger partial charge in [0.2, 0.25) is 0 Å². The third-order valence-electron chi connectivity index (χ3n) is 3.95. The van der Waals surface area contributed by atoms with E-state index in [0.29, 0.717) is 17.9 Å². The number of nitrogens with zero attached hydrogens (tertiary/aromatic N) is 2. The molecule has 0 radical (unpaired) electrons. The lowest BCUT2D eigenvalue weighted by molar-refractivity contribution is 0.102. The average molecular weight is 390 g/mol. The minimum absolute atomic E-state index is 0.0807. The van der Waals surface area contributed by atoms with E-state index in [9.17, 15) is 13.2 Å². The molecule has 1 atom stereocenters. The standard InChI is InChI=1S/C18H22N4O4S/c1-12(2)26-15-5-3-13(4-6-15)22-18(23)16-9-20-17(10-19-16)21-14-7-8-27(24,25)11-14/h3-6,9-10,12,14H,7-8,11H2,1-2H3,(H,20,21)(H,22,23). The van der Waals surface area contributed by atoms with Gasteiger partial charge in [-0.25, -0.2) is 18.4 Å². The first-order valence-electron chi connectivity index (χ1n) is 8.68. The minimum atomic E-state index is -2.97. The van der Waals surface area contributed by atoms with Crippen LogP contribution in [0.3, 0.4) is 0 Å². The highest BCUT2D eigenvalue weighted by Crippen LogP contribution is 2.18. The second-order valence-electron chi connectivity index (χ2n) is 6.68. The van der Waals surface area contributed by atoms with Crippen LogP contribution in [0.15, 0.2) is 36.7 Å². The van der Waals surface area contributed by atoms with E-state index in [1.807, 2.05) is 13.8 Å². The SMILES string of the molecule is CC(C)Oc1ccc(NC(=O)c2cnc(NC3CCS(=O)(=O)C3)cn2)cc1. The van der Waals surface area contributed by atoms with E-state index in [0.717, 1.165) is 5.75 Å². The van der Waals surface area contributed by atoms with Crippen molar-refractivity contribution in [2.75, 3.05) is 22.1 Å². The third-order valence-corrected chi connectivity index (χ3v) is 5.72. The second kappa shape index (κ2) is 7.91. The van der Waals surface area contributed by atoms with Gasteiger partial charge in [-0.15, -0.1) is 0 Å². The number of hydrogen-bond acceptors (Lipinski definition) is 7. The highest BCUT2D eigenvalue weighted by molar-refractivity contribution is 7.91. The molecule has 0 saturated carbocycles. The van der Waals surface area contributed by atoms with Crippen molar-refractivity contribution >= 4 is 27.2 Å². The van der Waals surface area contributed by atoms with Crippen molar-refractivity contribution < 1.29 is 17.9 Å². The number of hydrogen-bond donors (Lipinski definition) is 2.